The zero-order chi connectivity index (χ0) is 12.1. The fourth-order valence-corrected chi connectivity index (χ4v) is 2.80. The summed E-state index contributed by atoms with van der Waals surface area (Å²) in [7, 11) is 1.41. The first-order chi connectivity index (χ1) is 8.31. The fraction of sp³-hybridized carbons (Fsp3) is 0.727. The SMILES string of the molecule is COC(=O)CCSc1nnc2n1CCCCC2. The number of aromatic nitrogens is 3. The van der Waals surface area contributed by atoms with Crippen LogP contribution in [-0.4, -0.2) is 33.6 Å². The topological polar surface area (TPSA) is 57.0 Å². The summed E-state index contributed by atoms with van der Waals surface area (Å²) in [6.45, 7) is 1.00. The molecule has 0 saturated heterocycles. The Kier molecular flexibility index (Phi) is 4.42. The summed E-state index contributed by atoms with van der Waals surface area (Å²) >= 11 is 1.58. The molecule has 6 heteroatoms. The van der Waals surface area contributed by atoms with Gasteiger partial charge >= 0.3 is 5.97 Å². The van der Waals surface area contributed by atoms with Gasteiger partial charge < -0.3 is 9.30 Å². The molecule has 0 unspecified atom stereocenters. The van der Waals surface area contributed by atoms with Gasteiger partial charge in [-0.15, -0.1) is 10.2 Å². The van der Waals surface area contributed by atoms with Gasteiger partial charge in [0.25, 0.3) is 0 Å². The Morgan fingerprint density at radius 1 is 1.41 bits per heavy atom. The van der Waals surface area contributed by atoms with Crippen LogP contribution in [-0.2, 0) is 22.5 Å². The standard InChI is InChI=1S/C11H17N3O2S/c1-16-10(15)6-8-17-11-13-12-9-5-3-2-4-7-14(9)11/h2-8H2,1H3. The zero-order valence-corrected chi connectivity index (χ0v) is 10.8. The first-order valence-electron chi connectivity index (χ1n) is 5.93. The number of hydrogen-bond acceptors (Lipinski definition) is 5. The molecular weight excluding hydrogens is 238 g/mol. The number of esters is 1. The highest BCUT2D eigenvalue weighted by molar-refractivity contribution is 7.99. The van der Waals surface area contributed by atoms with Crippen molar-refractivity contribution in [3.8, 4) is 0 Å². The maximum atomic E-state index is 11.0. The number of carbonyl (C=O) groups excluding carboxylic acids is 1. The highest BCUT2D eigenvalue weighted by Crippen LogP contribution is 2.22. The number of nitrogens with zero attached hydrogens (tertiary/aromatic N) is 3. The average molecular weight is 255 g/mol. The van der Waals surface area contributed by atoms with E-state index in [-0.39, 0.29) is 5.97 Å². The molecule has 0 spiro atoms. The van der Waals surface area contributed by atoms with Gasteiger partial charge in [0.1, 0.15) is 5.82 Å². The molecule has 0 saturated carbocycles. The van der Waals surface area contributed by atoms with Gasteiger partial charge in [0.15, 0.2) is 5.16 Å². The van der Waals surface area contributed by atoms with Crippen LogP contribution >= 0.6 is 11.8 Å². The number of rotatable bonds is 4. The van der Waals surface area contributed by atoms with Gasteiger partial charge in [0.2, 0.25) is 0 Å². The van der Waals surface area contributed by atoms with Crippen LogP contribution in [0.15, 0.2) is 5.16 Å². The van der Waals surface area contributed by atoms with Crippen LogP contribution in [0, 0.1) is 0 Å². The van der Waals surface area contributed by atoms with E-state index in [1.165, 1.54) is 26.4 Å². The Morgan fingerprint density at radius 2 is 2.29 bits per heavy atom. The van der Waals surface area contributed by atoms with Crippen LogP contribution in [0.4, 0.5) is 0 Å². The van der Waals surface area contributed by atoms with Crippen molar-refractivity contribution in [3.05, 3.63) is 5.82 Å². The summed E-state index contributed by atoms with van der Waals surface area (Å²) < 4.78 is 6.80. The molecule has 2 rings (SSSR count). The molecular formula is C11H17N3O2S. The molecule has 0 atom stereocenters. The summed E-state index contributed by atoms with van der Waals surface area (Å²) in [5, 5.41) is 9.33. The van der Waals surface area contributed by atoms with Crippen LogP contribution < -0.4 is 0 Å². The predicted molar refractivity (Wildman–Crippen MR) is 64.9 cm³/mol. The zero-order valence-electron chi connectivity index (χ0n) is 10.0. The average Bonchev–Trinajstić information content (AvgIpc) is 2.59. The highest BCUT2D eigenvalue weighted by atomic mass is 32.2. The Bertz CT molecular complexity index is 392. The molecule has 0 fully saturated rings. The maximum absolute atomic E-state index is 11.0. The van der Waals surface area contributed by atoms with E-state index in [2.05, 4.69) is 19.5 Å². The lowest BCUT2D eigenvalue weighted by Gasteiger charge is -2.05. The summed E-state index contributed by atoms with van der Waals surface area (Å²) in [4.78, 5) is 11.0. The second-order valence-electron chi connectivity index (χ2n) is 4.04. The summed E-state index contributed by atoms with van der Waals surface area (Å²) in [6.07, 6.45) is 5.09. The van der Waals surface area contributed by atoms with Gasteiger partial charge in [0.05, 0.1) is 13.5 Å². The normalized spacial score (nSPS) is 15.1. The van der Waals surface area contributed by atoms with Crippen LogP contribution in [0.3, 0.4) is 0 Å². The third kappa shape index (κ3) is 3.21. The van der Waals surface area contributed by atoms with Gasteiger partial charge in [-0.3, -0.25) is 4.79 Å². The number of ether oxygens (including phenoxy) is 1. The Balaban J connectivity index is 1.92. The van der Waals surface area contributed by atoms with E-state index in [9.17, 15) is 4.79 Å². The fourth-order valence-electron chi connectivity index (χ4n) is 1.89. The molecule has 0 N–H and O–H groups in total. The van der Waals surface area contributed by atoms with Crippen molar-refractivity contribution in [3.63, 3.8) is 0 Å². The molecule has 1 aromatic rings. The Hall–Kier alpha value is -1.04. The summed E-state index contributed by atoms with van der Waals surface area (Å²) in [6, 6.07) is 0. The molecule has 2 heterocycles. The van der Waals surface area contributed by atoms with Crippen LogP contribution in [0.5, 0.6) is 0 Å². The van der Waals surface area contributed by atoms with Crippen molar-refractivity contribution < 1.29 is 9.53 Å². The molecule has 0 aromatic carbocycles. The number of thioether (sulfide) groups is 1. The molecule has 0 bridgehead atoms. The van der Waals surface area contributed by atoms with Crippen LogP contribution in [0.1, 0.15) is 31.5 Å². The van der Waals surface area contributed by atoms with Crippen molar-refractivity contribution in [2.75, 3.05) is 12.9 Å². The van der Waals surface area contributed by atoms with Gasteiger partial charge in [-0.05, 0) is 12.8 Å². The molecule has 0 radical (unpaired) electrons. The van der Waals surface area contributed by atoms with Crippen molar-refractivity contribution >= 4 is 17.7 Å². The molecule has 94 valence electrons. The lowest BCUT2D eigenvalue weighted by molar-refractivity contribution is -0.140. The van der Waals surface area contributed by atoms with E-state index in [1.54, 1.807) is 11.8 Å². The number of aryl methyl sites for hydroxylation is 1. The summed E-state index contributed by atoms with van der Waals surface area (Å²) in [5.41, 5.74) is 0. The van der Waals surface area contributed by atoms with E-state index in [1.807, 2.05) is 0 Å². The lowest BCUT2D eigenvalue weighted by atomic mass is 10.2. The Labute approximate surface area is 105 Å². The minimum absolute atomic E-state index is 0.173. The number of carbonyl (C=O) groups is 1. The van der Waals surface area contributed by atoms with Gasteiger partial charge in [0, 0.05) is 18.7 Å². The lowest BCUT2D eigenvalue weighted by Crippen LogP contribution is -2.04. The molecule has 1 aliphatic rings. The molecule has 0 amide bonds. The summed E-state index contributed by atoms with van der Waals surface area (Å²) in [5.74, 6) is 1.61. The van der Waals surface area contributed by atoms with Crippen molar-refractivity contribution in [2.24, 2.45) is 0 Å². The third-order valence-corrected chi connectivity index (χ3v) is 3.81. The second-order valence-corrected chi connectivity index (χ2v) is 5.10. The van der Waals surface area contributed by atoms with Gasteiger partial charge in [-0.1, -0.05) is 18.2 Å². The number of hydrogen-bond donors (Lipinski definition) is 0. The number of methoxy groups -OCH3 is 1. The van der Waals surface area contributed by atoms with Gasteiger partial charge in [-0.2, -0.15) is 0 Å². The third-order valence-electron chi connectivity index (χ3n) is 2.84. The number of fused-ring (bicyclic) bond motifs is 1. The minimum atomic E-state index is -0.173. The van der Waals surface area contributed by atoms with E-state index in [0.29, 0.717) is 12.2 Å². The van der Waals surface area contributed by atoms with Crippen molar-refractivity contribution in [2.45, 2.75) is 43.8 Å². The predicted octanol–water partition coefficient (Wildman–Crippen LogP) is 1.66. The van der Waals surface area contributed by atoms with E-state index in [4.69, 9.17) is 0 Å². The molecule has 1 aliphatic heterocycles. The molecule has 0 aliphatic carbocycles. The molecule has 5 nitrogen and oxygen atoms in total. The first kappa shape index (κ1) is 12.4. The van der Waals surface area contributed by atoms with Crippen LogP contribution in [0.2, 0.25) is 0 Å². The van der Waals surface area contributed by atoms with Crippen molar-refractivity contribution in [1.82, 2.24) is 14.8 Å². The van der Waals surface area contributed by atoms with Crippen LogP contribution in [0.25, 0.3) is 0 Å². The second kappa shape index (κ2) is 6.05. The Morgan fingerprint density at radius 3 is 3.12 bits per heavy atom. The maximum Gasteiger partial charge on any atom is 0.306 e. The van der Waals surface area contributed by atoms with Gasteiger partial charge in [-0.25, -0.2) is 0 Å². The minimum Gasteiger partial charge on any atom is -0.469 e. The van der Waals surface area contributed by atoms with E-state index in [0.717, 1.165) is 23.9 Å². The highest BCUT2D eigenvalue weighted by Gasteiger charge is 2.15. The largest absolute Gasteiger partial charge is 0.469 e. The molecule has 17 heavy (non-hydrogen) atoms. The monoisotopic (exact) mass is 255 g/mol. The first-order valence-corrected chi connectivity index (χ1v) is 6.91. The smallest absolute Gasteiger partial charge is 0.306 e. The van der Waals surface area contributed by atoms with E-state index >= 15 is 0 Å². The molecule has 1 aromatic heterocycles. The quantitative estimate of drug-likeness (QED) is 0.605. The van der Waals surface area contributed by atoms with Crippen molar-refractivity contribution in [1.29, 1.82) is 0 Å². The van der Waals surface area contributed by atoms with E-state index < -0.39 is 0 Å².